The van der Waals surface area contributed by atoms with Crippen molar-refractivity contribution in [3.8, 4) is 0 Å². The van der Waals surface area contributed by atoms with Crippen LogP contribution >= 0.6 is 56.5 Å². The summed E-state index contributed by atoms with van der Waals surface area (Å²) >= 11 is 5.88. The molecule has 0 fully saturated rings. The minimum Gasteiger partial charge on any atom is -0.462 e. The second-order valence-electron chi connectivity index (χ2n) is 1.95. The first-order valence-electron chi connectivity index (χ1n) is 3.27. The summed E-state index contributed by atoms with van der Waals surface area (Å²) in [5, 5.41) is 0. The molecule has 1 aromatic heterocycles. The molecule has 2 nitrogen and oxygen atoms in total. The summed E-state index contributed by atoms with van der Waals surface area (Å²) in [5.41, 5.74) is 0. The molecule has 0 atom stereocenters. The van der Waals surface area contributed by atoms with Crippen LogP contribution in [0.3, 0.4) is 0 Å². The van der Waals surface area contributed by atoms with Crippen molar-refractivity contribution in [2.24, 2.45) is 0 Å². The van der Waals surface area contributed by atoms with E-state index in [-0.39, 0.29) is 5.97 Å². The van der Waals surface area contributed by atoms with Gasteiger partial charge < -0.3 is 4.74 Å². The number of rotatable bonds is 2. The predicted octanol–water partition coefficient (Wildman–Crippen LogP) is 3.13. The van der Waals surface area contributed by atoms with Gasteiger partial charge in [-0.2, -0.15) is 0 Å². The molecule has 66 valence electrons. The number of carbonyl (C=O) groups excluding carboxylic acids is 1. The van der Waals surface area contributed by atoms with Crippen molar-refractivity contribution in [1.29, 1.82) is 0 Å². The van der Waals surface area contributed by atoms with Crippen LogP contribution in [0.1, 0.15) is 16.6 Å². The number of carbonyl (C=O) groups is 1. The average molecular weight is 408 g/mol. The molecule has 0 aromatic carbocycles. The van der Waals surface area contributed by atoms with Gasteiger partial charge in [0.15, 0.2) is 0 Å². The lowest BCUT2D eigenvalue weighted by Gasteiger charge is -1.95. The molecular formula is C7H6I2O2S. The Hall–Kier alpha value is 0.630. The molecule has 0 aliphatic rings. The molecular weight excluding hydrogens is 402 g/mol. The van der Waals surface area contributed by atoms with Gasteiger partial charge in [0.25, 0.3) is 0 Å². The SMILES string of the molecule is CCOC(=O)c1cc(I)c(I)s1. The molecule has 0 N–H and O–H groups in total. The molecule has 12 heavy (non-hydrogen) atoms. The highest BCUT2D eigenvalue weighted by Crippen LogP contribution is 2.25. The Morgan fingerprint density at radius 3 is 2.75 bits per heavy atom. The maximum Gasteiger partial charge on any atom is 0.348 e. The van der Waals surface area contributed by atoms with Crippen molar-refractivity contribution in [2.45, 2.75) is 6.92 Å². The Bertz CT molecular complexity index is 276. The highest BCUT2D eigenvalue weighted by atomic mass is 127. The molecule has 0 saturated carbocycles. The van der Waals surface area contributed by atoms with Crippen molar-refractivity contribution in [3.05, 3.63) is 17.4 Å². The summed E-state index contributed by atoms with van der Waals surface area (Å²) in [4.78, 5) is 11.9. The summed E-state index contributed by atoms with van der Waals surface area (Å²) in [6.45, 7) is 2.24. The van der Waals surface area contributed by atoms with Crippen LogP contribution in [0, 0.1) is 6.45 Å². The third-order valence-corrected chi connectivity index (χ3v) is 5.52. The van der Waals surface area contributed by atoms with Crippen molar-refractivity contribution in [1.82, 2.24) is 0 Å². The normalized spacial score (nSPS) is 9.92. The molecule has 1 aromatic rings. The van der Waals surface area contributed by atoms with Gasteiger partial charge in [-0.25, -0.2) is 4.79 Å². The fraction of sp³-hybridized carbons (Fsp3) is 0.286. The van der Waals surface area contributed by atoms with E-state index < -0.39 is 0 Å². The third-order valence-electron chi connectivity index (χ3n) is 1.12. The van der Waals surface area contributed by atoms with E-state index >= 15 is 0 Å². The molecule has 0 radical (unpaired) electrons. The van der Waals surface area contributed by atoms with Gasteiger partial charge in [-0.3, -0.25) is 0 Å². The van der Waals surface area contributed by atoms with E-state index in [0.717, 1.165) is 6.45 Å². The topological polar surface area (TPSA) is 26.3 Å². The lowest BCUT2D eigenvalue weighted by molar-refractivity contribution is 0.0532. The molecule has 1 heterocycles. The molecule has 0 amide bonds. The third kappa shape index (κ3) is 2.56. The molecule has 5 heteroatoms. The minimum absolute atomic E-state index is 0.219. The van der Waals surface area contributed by atoms with E-state index in [0.29, 0.717) is 11.5 Å². The quantitative estimate of drug-likeness (QED) is 0.556. The second-order valence-corrected chi connectivity index (χ2v) is 5.98. The lowest BCUT2D eigenvalue weighted by atomic mass is 10.5. The zero-order valence-corrected chi connectivity index (χ0v) is 11.4. The first-order valence-corrected chi connectivity index (χ1v) is 6.24. The summed E-state index contributed by atoms with van der Waals surface area (Å²) in [6.07, 6.45) is 0. The second kappa shape index (κ2) is 4.75. The van der Waals surface area contributed by atoms with Crippen molar-refractivity contribution < 1.29 is 9.53 Å². The van der Waals surface area contributed by atoms with Crippen LogP contribution in [0.25, 0.3) is 0 Å². The summed E-state index contributed by atoms with van der Waals surface area (Å²) in [6, 6.07) is 1.85. The van der Waals surface area contributed by atoms with Gasteiger partial charge in [0.1, 0.15) is 4.88 Å². The van der Waals surface area contributed by atoms with Gasteiger partial charge in [0.05, 0.1) is 9.49 Å². The Balaban J connectivity index is 2.82. The first-order chi connectivity index (χ1) is 5.65. The average Bonchev–Trinajstić information content (AvgIpc) is 2.33. The number of halogens is 2. The number of esters is 1. The van der Waals surface area contributed by atoms with E-state index in [1.54, 1.807) is 6.92 Å². The number of ether oxygens (including phenoxy) is 1. The molecule has 0 unspecified atom stereocenters. The van der Waals surface area contributed by atoms with Gasteiger partial charge in [-0.05, 0) is 58.2 Å². The summed E-state index contributed by atoms with van der Waals surface area (Å²) in [5.74, 6) is -0.219. The maximum atomic E-state index is 11.2. The molecule has 0 aliphatic heterocycles. The maximum absolute atomic E-state index is 11.2. The Labute approximate surface area is 102 Å². The van der Waals surface area contributed by atoms with Gasteiger partial charge in [-0.1, -0.05) is 0 Å². The molecule has 1 rings (SSSR count). The smallest absolute Gasteiger partial charge is 0.348 e. The lowest BCUT2D eigenvalue weighted by Crippen LogP contribution is -2.01. The fourth-order valence-electron chi connectivity index (χ4n) is 0.649. The van der Waals surface area contributed by atoms with Crippen molar-refractivity contribution in [3.63, 3.8) is 0 Å². The van der Waals surface area contributed by atoms with Gasteiger partial charge in [0, 0.05) is 3.57 Å². The van der Waals surface area contributed by atoms with Crippen LogP contribution in [-0.2, 0) is 4.74 Å². The van der Waals surface area contributed by atoms with Gasteiger partial charge in [-0.15, -0.1) is 11.3 Å². The van der Waals surface area contributed by atoms with E-state index in [9.17, 15) is 4.79 Å². The van der Waals surface area contributed by atoms with Crippen LogP contribution in [0.2, 0.25) is 0 Å². The summed E-state index contributed by atoms with van der Waals surface area (Å²) in [7, 11) is 0. The zero-order valence-electron chi connectivity index (χ0n) is 6.27. The fourth-order valence-corrected chi connectivity index (χ4v) is 3.04. The highest BCUT2D eigenvalue weighted by Gasteiger charge is 2.11. The predicted molar refractivity (Wildman–Crippen MR) is 65.7 cm³/mol. The molecule has 0 spiro atoms. The number of hydrogen-bond acceptors (Lipinski definition) is 3. The van der Waals surface area contributed by atoms with E-state index in [2.05, 4.69) is 45.2 Å². The summed E-state index contributed by atoms with van der Waals surface area (Å²) < 4.78 is 7.11. The Kier molecular flexibility index (Phi) is 4.24. The largest absolute Gasteiger partial charge is 0.462 e. The Morgan fingerprint density at radius 2 is 2.33 bits per heavy atom. The number of thiophene rings is 1. The Morgan fingerprint density at radius 1 is 1.67 bits per heavy atom. The van der Waals surface area contributed by atoms with Gasteiger partial charge in [0.2, 0.25) is 0 Å². The molecule has 0 bridgehead atoms. The number of hydrogen-bond donors (Lipinski definition) is 0. The van der Waals surface area contributed by atoms with Crippen LogP contribution in [0.5, 0.6) is 0 Å². The standard InChI is InChI=1S/C7H6I2O2S/c1-2-11-7(10)5-3-4(8)6(9)12-5/h3H,2H2,1H3. The van der Waals surface area contributed by atoms with Gasteiger partial charge >= 0.3 is 5.97 Å². The highest BCUT2D eigenvalue weighted by molar-refractivity contribution is 14.1. The minimum atomic E-state index is -0.219. The molecule has 0 saturated heterocycles. The van der Waals surface area contributed by atoms with E-state index in [1.807, 2.05) is 6.07 Å². The van der Waals surface area contributed by atoms with E-state index in [1.165, 1.54) is 11.3 Å². The van der Waals surface area contributed by atoms with Crippen molar-refractivity contribution >= 4 is 62.5 Å². The van der Waals surface area contributed by atoms with Crippen molar-refractivity contribution in [2.75, 3.05) is 6.61 Å². The first kappa shape index (κ1) is 10.7. The van der Waals surface area contributed by atoms with Crippen LogP contribution in [0.4, 0.5) is 0 Å². The van der Waals surface area contributed by atoms with Crippen LogP contribution in [0.15, 0.2) is 6.07 Å². The van der Waals surface area contributed by atoms with Crippen LogP contribution in [-0.4, -0.2) is 12.6 Å². The van der Waals surface area contributed by atoms with E-state index in [4.69, 9.17) is 4.74 Å². The van der Waals surface area contributed by atoms with Crippen LogP contribution < -0.4 is 0 Å². The molecule has 0 aliphatic carbocycles. The monoisotopic (exact) mass is 408 g/mol. The zero-order chi connectivity index (χ0) is 9.14.